The van der Waals surface area contributed by atoms with Crippen molar-refractivity contribution >= 4 is 11.5 Å². The van der Waals surface area contributed by atoms with Crippen LogP contribution in [0.1, 0.15) is 11.3 Å². The van der Waals surface area contributed by atoms with E-state index in [1.54, 1.807) is 0 Å². The molecule has 1 heterocycles. The molecule has 0 aliphatic rings. The largest absolute Gasteiger partial charge is 0.340 e. The van der Waals surface area contributed by atoms with E-state index in [2.05, 4.69) is 10.4 Å². The lowest BCUT2D eigenvalue weighted by molar-refractivity contribution is 0.574. The Labute approximate surface area is 127 Å². The highest BCUT2D eigenvalue weighted by Gasteiger charge is 2.13. The third-order valence-corrected chi connectivity index (χ3v) is 3.38. The summed E-state index contributed by atoms with van der Waals surface area (Å²) in [6.45, 7) is 3.80. The van der Waals surface area contributed by atoms with Crippen LogP contribution in [0.2, 0.25) is 0 Å². The molecule has 0 aliphatic heterocycles. The lowest BCUT2D eigenvalue weighted by atomic mass is 10.2. The Kier molecular flexibility index (Phi) is 3.63. The van der Waals surface area contributed by atoms with Crippen LogP contribution in [0.4, 0.5) is 20.3 Å². The van der Waals surface area contributed by atoms with Crippen LogP contribution in [0.15, 0.2) is 48.5 Å². The number of anilines is 2. The van der Waals surface area contributed by atoms with E-state index in [0.717, 1.165) is 23.0 Å². The molecule has 1 N–H and O–H groups in total. The number of para-hydroxylation sites is 1. The van der Waals surface area contributed by atoms with Gasteiger partial charge in [-0.3, -0.25) is 0 Å². The molecule has 0 amide bonds. The third-order valence-electron chi connectivity index (χ3n) is 3.38. The fourth-order valence-corrected chi connectivity index (χ4v) is 2.28. The first-order valence-corrected chi connectivity index (χ1v) is 6.89. The highest BCUT2D eigenvalue weighted by atomic mass is 19.1. The first-order chi connectivity index (χ1) is 10.5. The summed E-state index contributed by atoms with van der Waals surface area (Å²) in [7, 11) is 0. The average Bonchev–Trinajstić information content (AvgIpc) is 2.82. The molecule has 112 valence electrons. The van der Waals surface area contributed by atoms with Gasteiger partial charge in [0.15, 0.2) is 5.82 Å². The number of hydrogen-bond donors (Lipinski definition) is 1. The minimum absolute atomic E-state index is 0.200. The standard InChI is InChI=1S/C17H15F2N3/c1-11-5-3-4-6-15(11)20-17-9-12(2)21-22(17)16-8-7-13(18)10-14(16)19/h3-10,20H,1-2H3. The number of aryl methyl sites for hydroxylation is 2. The van der Waals surface area contributed by atoms with Gasteiger partial charge in [0.25, 0.3) is 0 Å². The van der Waals surface area contributed by atoms with Crippen LogP contribution < -0.4 is 5.32 Å². The molecule has 22 heavy (non-hydrogen) atoms. The molecule has 0 saturated heterocycles. The minimum Gasteiger partial charge on any atom is -0.340 e. The van der Waals surface area contributed by atoms with Gasteiger partial charge in [-0.2, -0.15) is 5.10 Å². The Morgan fingerprint density at radius 3 is 2.50 bits per heavy atom. The minimum atomic E-state index is -0.657. The van der Waals surface area contributed by atoms with Gasteiger partial charge in [-0.05, 0) is 37.6 Å². The summed E-state index contributed by atoms with van der Waals surface area (Å²) >= 11 is 0. The summed E-state index contributed by atoms with van der Waals surface area (Å²) in [5.41, 5.74) is 2.91. The van der Waals surface area contributed by atoms with Crippen molar-refractivity contribution < 1.29 is 8.78 Å². The zero-order chi connectivity index (χ0) is 15.7. The Balaban J connectivity index is 2.05. The lowest BCUT2D eigenvalue weighted by Crippen LogP contribution is -2.05. The Bertz CT molecular complexity index is 825. The lowest BCUT2D eigenvalue weighted by Gasteiger charge is -2.12. The van der Waals surface area contributed by atoms with Gasteiger partial charge in [0.1, 0.15) is 17.3 Å². The van der Waals surface area contributed by atoms with Crippen molar-refractivity contribution in [2.24, 2.45) is 0 Å². The van der Waals surface area contributed by atoms with Gasteiger partial charge in [-0.15, -0.1) is 0 Å². The zero-order valence-electron chi connectivity index (χ0n) is 12.3. The fourth-order valence-electron chi connectivity index (χ4n) is 2.28. The number of nitrogens with zero attached hydrogens (tertiary/aromatic N) is 2. The summed E-state index contributed by atoms with van der Waals surface area (Å²) < 4.78 is 28.5. The van der Waals surface area contributed by atoms with Gasteiger partial charge in [-0.1, -0.05) is 18.2 Å². The molecule has 0 radical (unpaired) electrons. The molecule has 0 aliphatic carbocycles. The number of nitrogens with one attached hydrogen (secondary N) is 1. The van der Waals surface area contributed by atoms with Gasteiger partial charge >= 0.3 is 0 Å². The molecule has 0 spiro atoms. The maximum Gasteiger partial charge on any atom is 0.151 e. The van der Waals surface area contributed by atoms with E-state index in [1.807, 2.05) is 44.2 Å². The predicted molar refractivity (Wildman–Crippen MR) is 82.7 cm³/mol. The quantitative estimate of drug-likeness (QED) is 0.771. The van der Waals surface area contributed by atoms with E-state index in [-0.39, 0.29) is 5.69 Å². The van der Waals surface area contributed by atoms with E-state index >= 15 is 0 Å². The molecule has 2 aromatic carbocycles. The predicted octanol–water partition coefficient (Wildman–Crippen LogP) is 4.51. The summed E-state index contributed by atoms with van der Waals surface area (Å²) in [6.07, 6.45) is 0. The van der Waals surface area contributed by atoms with E-state index in [9.17, 15) is 8.78 Å². The van der Waals surface area contributed by atoms with Crippen molar-refractivity contribution in [2.75, 3.05) is 5.32 Å². The number of aromatic nitrogens is 2. The number of halogens is 2. The van der Waals surface area contributed by atoms with Crippen LogP contribution >= 0.6 is 0 Å². The highest BCUT2D eigenvalue weighted by Crippen LogP contribution is 2.25. The van der Waals surface area contributed by atoms with Crippen molar-refractivity contribution in [3.05, 3.63) is 71.4 Å². The van der Waals surface area contributed by atoms with Crippen LogP contribution in [0.5, 0.6) is 0 Å². The second-order valence-electron chi connectivity index (χ2n) is 5.12. The van der Waals surface area contributed by atoms with Gasteiger partial charge in [0.2, 0.25) is 0 Å². The van der Waals surface area contributed by atoms with Gasteiger partial charge < -0.3 is 5.32 Å². The summed E-state index contributed by atoms with van der Waals surface area (Å²) in [5.74, 6) is -0.646. The zero-order valence-corrected chi connectivity index (χ0v) is 12.3. The molecule has 5 heteroatoms. The number of rotatable bonds is 3. The van der Waals surface area contributed by atoms with E-state index < -0.39 is 11.6 Å². The molecule has 0 fully saturated rings. The highest BCUT2D eigenvalue weighted by molar-refractivity contribution is 5.62. The smallest absolute Gasteiger partial charge is 0.151 e. The first-order valence-electron chi connectivity index (χ1n) is 6.89. The fraction of sp³-hybridized carbons (Fsp3) is 0.118. The molecule has 3 rings (SSSR count). The van der Waals surface area contributed by atoms with Crippen LogP contribution in [-0.4, -0.2) is 9.78 Å². The van der Waals surface area contributed by atoms with Crippen molar-refractivity contribution in [2.45, 2.75) is 13.8 Å². The normalized spacial score (nSPS) is 10.7. The monoisotopic (exact) mass is 299 g/mol. The molecule has 3 aromatic rings. The van der Waals surface area contributed by atoms with Crippen molar-refractivity contribution in [3.63, 3.8) is 0 Å². The van der Waals surface area contributed by atoms with Gasteiger partial charge in [0.05, 0.1) is 5.69 Å². The Hall–Kier alpha value is -2.69. The molecule has 0 saturated carbocycles. The summed E-state index contributed by atoms with van der Waals surface area (Å²) in [4.78, 5) is 0. The molecule has 1 aromatic heterocycles. The van der Waals surface area contributed by atoms with Crippen LogP contribution in [0, 0.1) is 25.5 Å². The van der Waals surface area contributed by atoms with Crippen molar-refractivity contribution in [3.8, 4) is 5.69 Å². The average molecular weight is 299 g/mol. The maximum atomic E-state index is 14.0. The summed E-state index contributed by atoms with van der Waals surface area (Å²) in [5, 5.41) is 7.53. The molecular formula is C17H15F2N3. The van der Waals surface area contributed by atoms with Gasteiger partial charge in [0, 0.05) is 17.8 Å². The SMILES string of the molecule is Cc1cc(Nc2ccccc2C)n(-c2ccc(F)cc2F)n1. The van der Waals surface area contributed by atoms with Crippen LogP contribution in [0.3, 0.4) is 0 Å². The molecule has 0 atom stereocenters. The molecule has 0 unspecified atom stereocenters. The molecular weight excluding hydrogens is 284 g/mol. The number of benzene rings is 2. The Morgan fingerprint density at radius 2 is 1.77 bits per heavy atom. The first kappa shape index (κ1) is 14.3. The molecule has 0 bridgehead atoms. The Morgan fingerprint density at radius 1 is 1.00 bits per heavy atom. The van der Waals surface area contributed by atoms with Gasteiger partial charge in [-0.25, -0.2) is 13.5 Å². The topological polar surface area (TPSA) is 29.9 Å². The molecule has 3 nitrogen and oxygen atoms in total. The van der Waals surface area contributed by atoms with Crippen LogP contribution in [0.25, 0.3) is 5.69 Å². The van der Waals surface area contributed by atoms with E-state index in [1.165, 1.54) is 16.8 Å². The number of hydrogen-bond acceptors (Lipinski definition) is 2. The van der Waals surface area contributed by atoms with Crippen molar-refractivity contribution in [1.82, 2.24) is 9.78 Å². The summed E-state index contributed by atoms with van der Waals surface area (Å²) in [6, 6.07) is 13.0. The van der Waals surface area contributed by atoms with E-state index in [4.69, 9.17) is 0 Å². The maximum absolute atomic E-state index is 14.0. The third kappa shape index (κ3) is 2.70. The van der Waals surface area contributed by atoms with E-state index in [0.29, 0.717) is 5.82 Å². The van der Waals surface area contributed by atoms with Crippen molar-refractivity contribution in [1.29, 1.82) is 0 Å². The van der Waals surface area contributed by atoms with Crippen LogP contribution in [-0.2, 0) is 0 Å². The second kappa shape index (κ2) is 5.60. The second-order valence-corrected chi connectivity index (χ2v) is 5.12.